The van der Waals surface area contributed by atoms with Crippen LogP contribution in [0.2, 0.25) is 0 Å². The normalized spacial score (nSPS) is 11.3. The first-order valence-corrected chi connectivity index (χ1v) is 4.39. The Bertz CT molecular complexity index is 304. The lowest BCUT2D eigenvalue weighted by atomic mass is 10.4. The van der Waals surface area contributed by atoms with Gasteiger partial charge in [0.1, 0.15) is 0 Å². The molecule has 0 aliphatic heterocycles. The predicted molar refractivity (Wildman–Crippen MR) is 53.9 cm³/mol. The van der Waals surface area contributed by atoms with Crippen molar-refractivity contribution in [1.82, 2.24) is 9.88 Å². The molecule has 1 aromatic rings. The molecule has 0 unspecified atom stereocenters. The van der Waals surface area contributed by atoms with E-state index in [1.165, 1.54) is 0 Å². The highest BCUT2D eigenvalue weighted by Crippen LogP contribution is 1.98. The van der Waals surface area contributed by atoms with Gasteiger partial charge in [0.15, 0.2) is 0 Å². The minimum atomic E-state index is -0.904. The van der Waals surface area contributed by atoms with Crippen LogP contribution in [-0.4, -0.2) is 34.6 Å². The van der Waals surface area contributed by atoms with Crippen LogP contribution in [-0.2, 0) is 11.3 Å². The van der Waals surface area contributed by atoms with Crippen LogP contribution in [0.25, 0.3) is 0 Å². The van der Waals surface area contributed by atoms with Crippen LogP contribution in [0.1, 0.15) is 5.69 Å². The summed E-state index contributed by atoms with van der Waals surface area (Å²) >= 11 is 0. The van der Waals surface area contributed by atoms with Crippen molar-refractivity contribution in [2.24, 2.45) is 0 Å². The summed E-state index contributed by atoms with van der Waals surface area (Å²) in [6.07, 6.45) is 4.66. The largest absolute Gasteiger partial charge is 0.478 e. The Labute approximate surface area is 82.9 Å². The molecule has 0 amide bonds. The molecular weight excluding hydrogens is 180 g/mol. The van der Waals surface area contributed by atoms with Crippen LogP contribution < -0.4 is 0 Å². The van der Waals surface area contributed by atoms with Gasteiger partial charge in [0.25, 0.3) is 0 Å². The van der Waals surface area contributed by atoms with Gasteiger partial charge >= 0.3 is 5.97 Å². The molecule has 0 saturated heterocycles. The van der Waals surface area contributed by atoms with Crippen LogP contribution in [0, 0.1) is 0 Å². The molecule has 0 saturated carbocycles. The second-order valence-corrected chi connectivity index (χ2v) is 3.13. The molecule has 0 aromatic carbocycles. The second-order valence-electron chi connectivity index (χ2n) is 3.13. The number of carboxylic acid groups (broad SMARTS) is 1. The molecule has 2 N–H and O–H groups in total. The fourth-order valence-electron chi connectivity index (χ4n) is 1.15. The van der Waals surface area contributed by atoms with Crippen LogP contribution in [0.5, 0.6) is 0 Å². The Kier molecular flexibility index (Phi) is 3.94. The zero-order valence-corrected chi connectivity index (χ0v) is 8.10. The monoisotopic (exact) mass is 194 g/mol. The Morgan fingerprint density at radius 2 is 2.50 bits per heavy atom. The Hall–Kier alpha value is -1.55. The Morgan fingerprint density at radius 1 is 1.71 bits per heavy atom. The summed E-state index contributed by atoms with van der Waals surface area (Å²) in [7, 11) is 1.94. The van der Waals surface area contributed by atoms with Gasteiger partial charge in [-0.2, -0.15) is 0 Å². The summed E-state index contributed by atoms with van der Waals surface area (Å²) < 4.78 is 0. The van der Waals surface area contributed by atoms with Crippen molar-refractivity contribution in [2.75, 3.05) is 13.6 Å². The standard InChI is InChI=1S/C10H14N2O2/c1-12(7-3-5-10(13)14)8-9-4-2-6-11-9/h2-6,11H,7-8H2,1H3,(H,13,14)/b5-3+. The van der Waals surface area contributed by atoms with Gasteiger partial charge in [-0.1, -0.05) is 6.08 Å². The summed E-state index contributed by atoms with van der Waals surface area (Å²) in [5, 5.41) is 8.37. The van der Waals surface area contributed by atoms with Crippen LogP contribution in [0.4, 0.5) is 0 Å². The molecule has 0 bridgehead atoms. The number of likely N-dealkylation sites (N-methyl/N-ethyl adjacent to an activating group) is 1. The molecule has 0 spiro atoms. The van der Waals surface area contributed by atoms with E-state index >= 15 is 0 Å². The number of carbonyl (C=O) groups is 1. The topological polar surface area (TPSA) is 56.3 Å². The number of rotatable bonds is 5. The molecule has 0 atom stereocenters. The van der Waals surface area contributed by atoms with E-state index in [-0.39, 0.29) is 0 Å². The minimum Gasteiger partial charge on any atom is -0.478 e. The molecule has 0 fully saturated rings. The third kappa shape index (κ3) is 3.91. The van der Waals surface area contributed by atoms with E-state index in [1.54, 1.807) is 6.08 Å². The fourth-order valence-corrected chi connectivity index (χ4v) is 1.15. The summed E-state index contributed by atoms with van der Waals surface area (Å²) in [6.45, 7) is 1.42. The van der Waals surface area contributed by atoms with E-state index in [1.807, 2.05) is 30.3 Å². The molecule has 4 heteroatoms. The van der Waals surface area contributed by atoms with E-state index in [2.05, 4.69) is 4.98 Å². The van der Waals surface area contributed by atoms with Gasteiger partial charge in [-0.25, -0.2) is 4.79 Å². The lowest BCUT2D eigenvalue weighted by molar-refractivity contribution is -0.131. The van der Waals surface area contributed by atoms with Gasteiger partial charge in [0, 0.05) is 31.1 Å². The molecule has 0 aliphatic carbocycles. The van der Waals surface area contributed by atoms with Gasteiger partial charge < -0.3 is 10.1 Å². The van der Waals surface area contributed by atoms with Crippen LogP contribution >= 0.6 is 0 Å². The number of aromatic nitrogens is 1. The Balaban J connectivity index is 2.29. The van der Waals surface area contributed by atoms with Crippen molar-refractivity contribution >= 4 is 5.97 Å². The van der Waals surface area contributed by atoms with E-state index in [0.29, 0.717) is 6.54 Å². The summed E-state index contributed by atoms with van der Waals surface area (Å²) in [4.78, 5) is 15.3. The first-order valence-electron chi connectivity index (χ1n) is 4.39. The third-order valence-corrected chi connectivity index (χ3v) is 1.78. The maximum absolute atomic E-state index is 10.2. The van der Waals surface area contributed by atoms with Gasteiger partial charge in [-0.15, -0.1) is 0 Å². The maximum atomic E-state index is 10.2. The minimum absolute atomic E-state index is 0.630. The van der Waals surface area contributed by atoms with Crippen molar-refractivity contribution in [3.8, 4) is 0 Å². The fraction of sp³-hybridized carbons (Fsp3) is 0.300. The highest BCUT2D eigenvalue weighted by atomic mass is 16.4. The van der Waals surface area contributed by atoms with E-state index in [9.17, 15) is 4.79 Å². The zero-order valence-electron chi connectivity index (χ0n) is 8.10. The zero-order chi connectivity index (χ0) is 10.4. The van der Waals surface area contributed by atoms with Crippen molar-refractivity contribution in [1.29, 1.82) is 0 Å². The average molecular weight is 194 g/mol. The SMILES string of the molecule is CN(C/C=C/C(=O)O)Cc1ccc[nH]1. The molecular formula is C10H14N2O2. The smallest absolute Gasteiger partial charge is 0.328 e. The summed E-state index contributed by atoms with van der Waals surface area (Å²) in [5.41, 5.74) is 1.12. The number of hydrogen-bond donors (Lipinski definition) is 2. The highest BCUT2D eigenvalue weighted by Gasteiger charge is 1.98. The molecule has 0 radical (unpaired) electrons. The molecule has 0 aliphatic rings. The lowest BCUT2D eigenvalue weighted by Crippen LogP contribution is -2.17. The average Bonchev–Trinajstić information content (AvgIpc) is 2.56. The van der Waals surface area contributed by atoms with Gasteiger partial charge in [-0.05, 0) is 19.2 Å². The van der Waals surface area contributed by atoms with E-state index in [0.717, 1.165) is 18.3 Å². The number of hydrogen-bond acceptors (Lipinski definition) is 2. The first kappa shape index (κ1) is 10.5. The van der Waals surface area contributed by atoms with Crippen LogP contribution in [0.3, 0.4) is 0 Å². The van der Waals surface area contributed by atoms with Crippen molar-refractivity contribution in [3.63, 3.8) is 0 Å². The number of aliphatic carboxylic acids is 1. The van der Waals surface area contributed by atoms with Gasteiger partial charge in [-0.3, -0.25) is 4.90 Å². The van der Waals surface area contributed by atoms with E-state index < -0.39 is 5.97 Å². The molecule has 1 aromatic heterocycles. The number of H-pyrrole nitrogens is 1. The van der Waals surface area contributed by atoms with Crippen molar-refractivity contribution in [3.05, 3.63) is 36.2 Å². The molecule has 76 valence electrons. The maximum Gasteiger partial charge on any atom is 0.328 e. The molecule has 4 nitrogen and oxygen atoms in total. The molecule has 1 heterocycles. The van der Waals surface area contributed by atoms with Crippen molar-refractivity contribution in [2.45, 2.75) is 6.54 Å². The third-order valence-electron chi connectivity index (χ3n) is 1.78. The number of carboxylic acids is 1. The highest BCUT2D eigenvalue weighted by molar-refractivity contribution is 5.79. The second kappa shape index (κ2) is 5.24. The number of nitrogens with zero attached hydrogens (tertiary/aromatic N) is 1. The Morgan fingerprint density at radius 3 is 3.07 bits per heavy atom. The van der Waals surface area contributed by atoms with Gasteiger partial charge in [0.05, 0.1) is 0 Å². The first-order chi connectivity index (χ1) is 6.68. The quantitative estimate of drug-likeness (QED) is 0.690. The summed E-state index contributed by atoms with van der Waals surface area (Å²) in [6, 6.07) is 3.94. The number of nitrogens with one attached hydrogen (secondary N) is 1. The molecule has 1 rings (SSSR count). The number of aromatic amines is 1. The predicted octanol–water partition coefficient (Wildman–Crippen LogP) is 1.09. The van der Waals surface area contributed by atoms with Crippen molar-refractivity contribution < 1.29 is 9.90 Å². The van der Waals surface area contributed by atoms with Gasteiger partial charge in [0.2, 0.25) is 0 Å². The lowest BCUT2D eigenvalue weighted by Gasteiger charge is -2.12. The molecule has 14 heavy (non-hydrogen) atoms. The van der Waals surface area contributed by atoms with E-state index in [4.69, 9.17) is 5.11 Å². The van der Waals surface area contributed by atoms with Crippen LogP contribution in [0.15, 0.2) is 30.5 Å². The summed E-state index contributed by atoms with van der Waals surface area (Å²) in [5.74, 6) is -0.904.